The van der Waals surface area contributed by atoms with Crippen molar-refractivity contribution in [1.29, 1.82) is 0 Å². The Bertz CT molecular complexity index is 1290. The zero-order valence-electron chi connectivity index (χ0n) is 19.0. The molecule has 4 nitrogen and oxygen atoms in total. The highest BCUT2D eigenvalue weighted by atomic mass is 32.2. The maximum absolute atomic E-state index is 14.4. The van der Waals surface area contributed by atoms with Crippen LogP contribution < -0.4 is 9.80 Å². The van der Waals surface area contributed by atoms with Crippen molar-refractivity contribution < 1.29 is 9.59 Å². The maximum atomic E-state index is 14.4. The van der Waals surface area contributed by atoms with Crippen LogP contribution in [-0.4, -0.2) is 23.1 Å². The predicted molar refractivity (Wildman–Crippen MR) is 134 cm³/mol. The third-order valence-corrected chi connectivity index (χ3v) is 8.88. The van der Waals surface area contributed by atoms with E-state index in [9.17, 15) is 9.59 Å². The van der Waals surface area contributed by atoms with E-state index in [0.29, 0.717) is 0 Å². The number of amides is 2. The van der Waals surface area contributed by atoms with Gasteiger partial charge in [-0.3, -0.25) is 14.5 Å². The normalized spacial score (nSPS) is 27.4. The highest BCUT2D eigenvalue weighted by Crippen LogP contribution is 2.62. The van der Waals surface area contributed by atoms with Gasteiger partial charge in [-0.05, 0) is 43.5 Å². The summed E-state index contributed by atoms with van der Waals surface area (Å²) in [7, 11) is 0. The second-order valence-corrected chi connectivity index (χ2v) is 11.2. The van der Waals surface area contributed by atoms with Crippen LogP contribution in [-0.2, 0) is 19.9 Å². The predicted octanol–water partition coefficient (Wildman–Crippen LogP) is 5.45. The van der Waals surface area contributed by atoms with E-state index in [1.54, 1.807) is 4.90 Å². The lowest BCUT2D eigenvalue weighted by atomic mass is 9.65. The van der Waals surface area contributed by atoms with Gasteiger partial charge >= 0.3 is 0 Å². The monoisotopic (exact) mass is 454 g/mol. The average molecular weight is 455 g/mol. The molecule has 33 heavy (non-hydrogen) atoms. The van der Waals surface area contributed by atoms with E-state index in [2.05, 4.69) is 57.2 Å². The fourth-order valence-electron chi connectivity index (χ4n) is 6.28. The number of hydrogen-bond acceptors (Lipinski definition) is 3. The highest BCUT2D eigenvalue weighted by Gasteiger charge is 2.65. The Kier molecular flexibility index (Phi) is 4.19. The summed E-state index contributed by atoms with van der Waals surface area (Å²) < 4.78 is 0. The molecule has 3 aliphatic heterocycles. The van der Waals surface area contributed by atoms with E-state index in [1.165, 1.54) is 17.3 Å². The van der Waals surface area contributed by atoms with Crippen LogP contribution >= 0.6 is 11.8 Å². The quantitative estimate of drug-likeness (QED) is 0.517. The molecule has 1 spiro atoms. The van der Waals surface area contributed by atoms with Gasteiger partial charge in [0, 0.05) is 22.2 Å². The molecule has 0 unspecified atom stereocenters. The van der Waals surface area contributed by atoms with Crippen LogP contribution in [0.2, 0.25) is 0 Å². The molecule has 2 amide bonds. The number of thioether (sulfide) groups is 1. The second kappa shape index (κ2) is 6.73. The first-order chi connectivity index (χ1) is 15.8. The number of hydrogen-bond donors (Lipinski definition) is 0. The molecule has 3 heterocycles. The van der Waals surface area contributed by atoms with Crippen LogP contribution in [0.15, 0.2) is 78.9 Å². The molecule has 3 aromatic rings. The van der Waals surface area contributed by atoms with E-state index in [1.807, 2.05) is 47.4 Å². The Hall–Kier alpha value is -3.05. The van der Waals surface area contributed by atoms with E-state index in [4.69, 9.17) is 0 Å². The van der Waals surface area contributed by atoms with Gasteiger partial charge in [-0.1, -0.05) is 73.7 Å². The molecular weight excluding hydrogens is 428 g/mol. The average Bonchev–Trinajstić information content (AvgIpc) is 3.29. The van der Waals surface area contributed by atoms with Crippen molar-refractivity contribution in [2.75, 3.05) is 15.6 Å². The lowest BCUT2D eigenvalue weighted by Crippen LogP contribution is -2.58. The maximum Gasteiger partial charge on any atom is 0.269 e. The van der Waals surface area contributed by atoms with Gasteiger partial charge in [-0.25, -0.2) is 0 Å². The lowest BCUT2D eigenvalue weighted by Gasteiger charge is -2.50. The van der Waals surface area contributed by atoms with Gasteiger partial charge in [0.05, 0.1) is 11.4 Å². The Morgan fingerprint density at radius 1 is 0.758 bits per heavy atom. The summed E-state index contributed by atoms with van der Waals surface area (Å²) in [4.78, 5) is 30.3. The molecular formula is C28H26N2O2S. The van der Waals surface area contributed by atoms with Crippen molar-refractivity contribution in [3.05, 3.63) is 95.6 Å². The van der Waals surface area contributed by atoms with Crippen molar-refractivity contribution in [1.82, 2.24) is 0 Å². The molecule has 6 rings (SSSR count). The van der Waals surface area contributed by atoms with Crippen molar-refractivity contribution >= 4 is 35.0 Å². The van der Waals surface area contributed by atoms with Gasteiger partial charge in [-0.15, -0.1) is 11.8 Å². The molecule has 0 saturated carbocycles. The largest absolute Gasteiger partial charge is 0.303 e. The number of benzene rings is 3. The van der Waals surface area contributed by atoms with Gasteiger partial charge in [-0.2, -0.15) is 0 Å². The van der Waals surface area contributed by atoms with Crippen molar-refractivity contribution in [3.63, 3.8) is 0 Å². The second-order valence-electron chi connectivity index (χ2n) is 10.0. The van der Waals surface area contributed by atoms with Crippen LogP contribution in [0.25, 0.3) is 0 Å². The third kappa shape index (κ3) is 2.54. The minimum Gasteiger partial charge on any atom is -0.303 e. The van der Waals surface area contributed by atoms with Crippen LogP contribution in [0.3, 0.4) is 0 Å². The smallest absolute Gasteiger partial charge is 0.269 e. The molecule has 2 atom stereocenters. The van der Waals surface area contributed by atoms with Crippen molar-refractivity contribution in [2.24, 2.45) is 0 Å². The summed E-state index contributed by atoms with van der Waals surface area (Å²) in [6.45, 7) is 6.59. The topological polar surface area (TPSA) is 40.6 Å². The number of carbonyl (C=O) groups is 2. The minimum atomic E-state index is -1.07. The van der Waals surface area contributed by atoms with Gasteiger partial charge in [0.25, 0.3) is 5.91 Å². The summed E-state index contributed by atoms with van der Waals surface area (Å²) in [5.41, 5.74) is 4.42. The highest BCUT2D eigenvalue weighted by molar-refractivity contribution is 8.02. The molecule has 1 saturated heterocycles. The molecule has 0 aliphatic carbocycles. The summed E-state index contributed by atoms with van der Waals surface area (Å²) in [5, 5.41) is 0. The Balaban J connectivity index is 1.64. The van der Waals surface area contributed by atoms with Crippen LogP contribution in [0.4, 0.5) is 11.4 Å². The van der Waals surface area contributed by atoms with Crippen LogP contribution in [0, 0.1) is 0 Å². The summed E-state index contributed by atoms with van der Waals surface area (Å²) in [5.74, 6) is 0.250. The number of para-hydroxylation sites is 2. The molecule has 3 aliphatic rings. The molecule has 166 valence electrons. The molecule has 0 aromatic heterocycles. The number of anilines is 2. The van der Waals surface area contributed by atoms with Crippen molar-refractivity contribution in [3.8, 4) is 0 Å². The summed E-state index contributed by atoms with van der Waals surface area (Å²) >= 11 is 1.45. The van der Waals surface area contributed by atoms with Gasteiger partial charge in [0.2, 0.25) is 10.8 Å². The number of fused-ring (bicyclic) bond motifs is 1. The van der Waals surface area contributed by atoms with Crippen molar-refractivity contribution in [2.45, 2.75) is 43.0 Å². The Labute approximate surface area is 198 Å². The first-order valence-electron chi connectivity index (χ1n) is 11.4. The third-order valence-electron chi connectivity index (χ3n) is 7.50. The first-order valence-corrected chi connectivity index (χ1v) is 12.4. The summed E-state index contributed by atoms with van der Waals surface area (Å²) in [6.07, 6.45) is 0.798. The molecule has 0 radical (unpaired) electrons. The van der Waals surface area contributed by atoms with Crippen LogP contribution in [0.1, 0.15) is 43.9 Å². The number of carbonyl (C=O) groups excluding carboxylic acids is 2. The summed E-state index contributed by atoms with van der Waals surface area (Å²) in [6, 6.07) is 26.4. The van der Waals surface area contributed by atoms with Crippen LogP contribution in [0.5, 0.6) is 0 Å². The molecule has 5 heteroatoms. The Morgan fingerprint density at radius 2 is 1.39 bits per heavy atom. The Morgan fingerprint density at radius 3 is 2.09 bits per heavy atom. The fraction of sp³-hybridized carbons (Fsp3) is 0.286. The SMILES string of the molecule is CC1(C)C[C@](C)(c2ccccc2)c2cccc3c2N1C(=O)[C@@]31SCC(=O)N1c1ccccc1. The molecule has 0 bridgehead atoms. The van der Waals surface area contributed by atoms with Gasteiger partial charge in [0.15, 0.2) is 0 Å². The number of nitrogens with zero attached hydrogens (tertiary/aromatic N) is 2. The molecule has 1 fully saturated rings. The van der Waals surface area contributed by atoms with E-state index >= 15 is 0 Å². The number of rotatable bonds is 2. The zero-order chi connectivity index (χ0) is 23.0. The van der Waals surface area contributed by atoms with Gasteiger partial charge in [0.1, 0.15) is 0 Å². The zero-order valence-corrected chi connectivity index (χ0v) is 19.9. The first kappa shape index (κ1) is 20.5. The standard InChI is InChI=1S/C28H26N2O2S/c1-26(2)18-27(3,19-11-6-4-7-12-19)21-15-10-16-22-24(21)30(26)25(32)28(22)29(23(31)17-33-28)20-13-8-5-9-14-20/h4-16H,17-18H2,1-3H3/t27-,28+/m1/s1. The molecule has 0 N–H and O–H groups in total. The lowest BCUT2D eigenvalue weighted by molar-refractivity contribution is -0.124. The fourth-order valence-corrected chi connectivity index (χ4v) is 7.61. The van der Waals surface area contributed by atoms with E-state index in [-0.39, 0.29) is 23.0 Å². The van der Waals surface area contributed by atoms with E-state index in [0.717, 1.165) is 28.9 Å². The molecule has 3 aromatic carbocycles. The minimum absolute atomic E-state index is 0.00948. The van der Waals surface area contributed by atoms with Gasteiger partial charge < -0.3 is 4.90 Å². The van der Waals surface area contributed by atoms with E-state index < -0.39 is 10.4 Å².